The first-order valence-electron chi connectivity index (χ1n) is 6.51. The molecule has 1 aliphatic carbocycles. The monoisotopic (exact) mass is 252 g/mol. The van der Waals surface area contributed by atoms with Gasteiger partial charge in [-0.15, -0.1) is 0 Å². The molecular weight excluding hydrogens is 231 g/mol. The molecule has 3 unspecified atom stereocenters. The fourth-order valence-electron chi connectivity index (χ4n) is 2.97. The Morgan fingerprint density at radius 1 is 1.50 bits per heavy atom. The van der Waals surface area contributed by atoms with Crippen LogP contribution in [0.25, 0.3) is 0 Å². The highest BCUT2D eigenvalue weighted by Crippen LogP contribution is 2.57. The Balaban J connectivity index is 2.30. The number of hydrogen-bond acceptors (Lipinski definition) is 2. The second-order valence-electron chi connectivity index (χ2n) is 6.39. The summed E-state index contributed by atoms with van der Waals surface area (Å²) >= 11 is 0. The number of halogens is 1. The van der Waals surface area contributed by atoms with Crippen LogP contribution in [0.2, 0.25) is 0 Å². The molecule has 100 valence electrons. The minimum Gasteiger partial charge on any atom is -0.268 e. The van der Waals surface area contributed by atoms with E-state index in [-0.39, 0.29) is 16.9 Å². The van der Waals surface area contributed by atoms with Crippen molar-refractivity contribution in [1.29, 1.82) is 0 Å². The van der Waals surface area contributed by atoms with Crippen molar-refractivity contribution in [2.24, 2.45) is 11.3 Å². The van der Waals surface area contributed by atoms with Gasteiger partial charge >= 0.3 is 0 Å². The summed E-state index contributed by atoms with van der Waals surface area (Å²) in [6.07, 6.45) is 0.619. The van der Waals surface area contributed by atoms with Crippen molar-refractivity contribution < 1.29 is 4.39 Å². The van der Waals surface area contributed by atoms with Gasteiger partial charge in [-0.2, -0.15) is 5.10 Å². The van der Waals surface area contributed by atoms with Gasteiger partial charge in [-0.1, -0.05) is 27.7 Å². The van der Waals surface area contributed by atoms with E-state index < -0.39 is 11.6 Å². The van der Waals surface area contributed by atoms with E-state index >= 15 is 0 Å². The van der Waals surface area contributed by atoms with E-state index in [0.717, 1.165) is 6.42 Å². The van der Waals surface area contributed by atoms with Gasteiger partial charge in [0.1, 0.15) is 6.17 Å². The van der Waals surface area contributed by atoms with E-state index in [4.69, 9.17) is 0 Å². The summed E-state index contributed by atoms with van der Waals surface area (Å²) in [4.78, 5) is 11.0. The lowest BCUT2D eigenvalue weighted by molar-refractivity contribution is -0.0674. The molecule has 0 spiro atoms. The minimum absolute atomic E-state index is 0.0275. The lowest BCUT2D eigenvalue weighted by Crippen LogP contribution is -2.57. The van der Waals surface area contributed by atoms with E-state index in [1.54, 1.807) is 6.07 Å². The summed E-state index contributed by atoms with van der Waals surface area (Å²) < 4.78 is 14.7. The summed E-state index contributed by atoms with van der Waals surface area (Å²) in [5.74, 6) is 0.0613. The molecule has 0 aromatic carbocycles. The van der Waals surface area contributed by atoms with Gasteiger partial charge < -0.3 is 0 Å². The molecule has 3 atom stereocenters. The molecule has 1 heterocycles. The molecular formula is C14H21FN2O. The van der Waals surface area contributed by atoms with Crippen LogP contribution in [-0.2, 0) is 5.41 Å². The highest BCUT2D eigenvalue weighted by Gasteiger charge is 2.58. The summed E-state index contributed by atoms with van der Waals surface area (Å²) in [6, 6.07) is 3.09. The largest absolute Gasteiger partial charge is 0.268 e. The summed E-state index contributed by atoms with van der Waals surface area (Å²) in [6.45, 7) is 8.20. The Kier molecular flexibility index (Phi) is 3.07. The predicted molar refractivity (Wildman–Crippen MR) is 69.3 cm³/mol. The van der Waals surface area contributed by atoms with E-state index in [2.05, 4.69) is 31.0 Å². The predicted octanol–water partition coefficient (Wildman–Crippen LogP) is 2.82. The Morgan fingerprint density at radius 2 is 2.17 bits per heavy atom. The highest BCUT2D eigenvalue weighted by atomic mass is 19.1. The van der Waals surface area contributed by atoms with Gasteiger partial charge in [0.05, 0.1) is 5.69 Å². The standard InChI is InChI=1S/C14H21FN2O/c1-5-14(10-6-7-11(18)17-16-10)8-9(12(14)15)13(2,3)4/h6-7,9,12H,5,8H2,1-4H3,(H,17,18). The molecule has 18 heavy (non-hydrogen) atoms. The zero-order chi connectivity index (χ0) is 13.6. The minimum atomic E-state index is -0.888. The number of hydrogen-bond donors (Lipinski definition) is 1. The highest BCUT2D eigenvalue weighted by molar-refractivity contribution is 5.25. The Bertz CT molecular complexity index is 471. The maximum atomic E-state index is 14.7. The molecule has 1 aliphatic rings. The maximum absolute atomic E-state index is 14.7. The topological polar surface area (TPSA) is 45.8 Å². The van der Waals surface area contributed by atoms with Crippen molar-refractivity contribution in [3.63, 3.8) is 0 Å². The van der Waals surface area contributed by atoms with Gasteiger partial charge in [-0.3, -0.25) is 4.79 Å². The second kappa shape index (κ2) is 4.18. The Labute approximate surface area is 107 Å². The first-order chi connectivity index (χ1) is 8.31. The van der Waals surface area contributed by atoms with Crippen LogP contribution in [0.5, 0.6) is 0 Å². The van der Waals surface area contributed by atoms with Crippen molar-refractivity contribution in [2.75, 3.05) is 0 Å². The van der Waals surface area contributed by atoms with Gasteiger partial charge in [-0.25, -0.2) is 9.49 Å². The van der Waals surface area contributed by atoms with Crippen LogP contribution in [0.3, 0.4) is 0 Å². The molecule has 3 nitrogen and oxygen atoms in total. The van der Waals surface area contributed by atoms with Crippen LogP contribution in [0, 0.1) is 11.3 Å². The summed E-state index contributed by atoms with van der Waals surface area (Å²) in [5.41, 5.74) is -0.104. The third-order valence-corrected chi connectivity index (χ3v) is 4.40. The maximum Gasteiger partial charge on any atom is 0.264 e. The Hall–Kier alpha value is -1.19. The first kappa shape index (κ1) is 13.2. The van der Waals surface area contributed by atoms with E-state index in [1.165, 1.54) is 6.07 Å². The number of rotatable bonds is 2. The zero-order valence-electron chi connectivity index (χ0n) is 11.5. The first-order valence-corrected chi connectivity index (χ1v) is 6.51. The van der Waals surface area contributed by atoms with E-state index in [1.807, 2.05) is 6.92 Å². The van der Waals surface area contributed by atoms with Crippen LogP contribution in [0.1, 0.15) is 46.2 Å². The van der Waals surface area contributed by atoms with Crippen LogP contribution in [0.15, 0.2) is 16.9 Å². The SMILES string of the molecule is CCC1(c2ccc(=O)[nH]n2)CC(C(C)(C)C)C1F. The lowest BCUT2D eigenvalue weighted by Gasteiger charge is -2.55. The smallest absolute Gasteiger partial charge is 0.264 e. The molecule has 1 saturated carbocycles. The molecule has 1 aromatic rings. The van der Waals surface area contributed by atoms with Crippen molar-refractivity contribution in [3.8, 4) is 0 Å². The molecule has 0 bridgehead atoms. The number of nitrogens with one attached hydrogen (secondary N) is 1. The third-order valence-electron chi connectivity index (χ3n) is 4.40. The molecule has 1 fully saturated rings. The summed E-state index contributed by atoms with van der Waals surface area (Å²) in [5, 5.41) is 6.44. The number of aromatic amines is 1. The number of aromatic nitrogens is 2. The molecule has 0 saturated heterocycles. The van der Waals surface area contributed by atoms with Crippen LogP contribution in [-0.4, -0.2) is 16.4 Å². The summed E-state index contributed by atoms with van der Waals surface area (Å²) in [7, 11) is 0. The molecule has 1 aromatic heterocycles. The van der Waals surface area contributed by atoms with Gasteiger partial charge in [0, 0.05) is 11.5 Å². The normalized spacial score (nSPS) is 32.1. The fraction of sp³-hybridized carbons (Fsp3) is 0.714. The van der Waals surface area contributed by atoms with Crippen molar-refractivity contribution in [2.45, 2.75) is 52.1 Å². The van der Waals surface area contributed by atoms with Gasteiger partial charge in [-0.05, 0) is 30.2 Å². The molecule has 0 amide bonds. The molecule has 4 heteroatoms. The fourth-order valence-corrected chi connectivity index (χ4v) is 2.97. The van der Waals surface area contributed by atoms with E-state index in [0.29, 0.717) is 12.1 Å². The van der Waals surface area contributed by atoms with Crippen LogP contribution in [0.4, 0.5) is 4.39 Å². The second-order valence-corrected chi connectivity index (χ2v) is 6.39. The molecule has 0 radical (unpaired) electrons. The lowest BCUT2D eigenvalue weighted by atomic mass is 9.51. The van der Waals surface area contributed by atoms with Crippen molar-refractivity contribution in [1.82, 2.24) is 10.2 Å². The molecule has 0 aliphatic heterocycles. The van der Waals surface area contributed by atoms with E-state index in [9.17, 15) is 9.18 Å². The molecule has 1 N–H and O–H groups in total. The Morgan fingerprint density at radius 3 is 2.56 bits per heavy atom. The average molecular weight is 252 g/mol. The average Bonchev–Trinajstić information content (AvgIpc) is 2.29. The number of alkyl halides is 1. The van der Waals surface area contributed by atoms with Gasteiger partial charge in [0.15, 0.2) is 0 Å². The quantitative estimate of drug-likeness (QED) is 0.879. The zero-order valence-corrected chi connectivity index (χ0v) is 11.5. The number of H-pyrrole nitrogens is 1. The number of nitrogens with zero attached hydrogens (tertiary/aromatic N) is 1. The van der Waals surface area contributed by atoms with Crippen molar-refractivity contribution in [3.05, 3.63) is 28.2 Å². The van der Waals surface area contributed by atoms with Gasteiger partial charge in [0.25, 0.3) is 5.56 Å². The van der Waals surface area contributed by atoms with Gasteiger partial charge in [0.2, 0.25) is 0 Å². The third kappa shape index (κ3) is 1.88. The molecule has 2 rings (SSSR count). The van der Waals surface area contributed by atoms with Crippen molar-refractivity contribution >= 4 is 0 Å². The van der Waals surface area contributed by atoms with Crippen LogP contribution >= 0.6 is 0 Å². The van der Waals surface area contributed by atoms with Crippen LogP contribution < -0.4 is 5.56 Å².